The Morgan fingerprint density at radius 3 is 2.46 bits per heavy atom. The number of hydrogen-bond donors (Lipinski definition) is 0. The van der Waals surface area contributed by atoms with Crippen molar-refractivity contribution in [1.82, 2.24) is 14.5 Å². The summed E-state index contributed by atoms with van der Waals surface area (Å²) in [5.41, 5.74) is 5.27. The van der Waals surface area contributed by atoms with Gasteiger partial charge in [-0.2, -0.15) is 0 Å². The van der Waals surface area contributed by atoms with E-state index in [0.717, 1.165) is 54.8 Å². The molecule has 0 amide bonds. The summed E-state index contributed by atoms with van der Waals surface area (Å²) in [6.07, 6.45) is 4.97. The Hall–Kier alpha value is -3.64. The minimum absolute atomic E-state index is 0.416. The van der Waals surface area contributed by atoms with Gasteiger partial charge in [0.15, 0.2) is 0 Å². The molecule has 2 aromatic carbocycles. The van der Waals surface area contributed by atoms with E-state index in [2.05, 4.69) is 64.7 Å². The second-order valence-corrected chi connectivity index (χ2v) is 9.54. The minimum atomic E-state index is 0.416. The molecule has 1 aliphatic heterocycles. The molecule has 6 nitrogen and oxygen atoms in total. The Labute approximate surface area is 206 Å². The van der Waals surface area contributed by atoms with Crippen molar-refractivity contribution >= 4 is 23.0 Å². The average molecular weight is 469 g/mol. The molecule has 0 spiro atoms. The topological polar surface area (TPSA) is 50.6 Å². The number of pyridine rings is 1. The third-order valence-electron chi connectivity index (χ3n) is 7.02. The van der Waals surface area contributed by atoms with Gasteiger partial charge in [-0.1, -0.05) is 36.4 Å². The molecule has 180 valence electrons. The van der Waals surface area contributed by atoms with Crippen molar-refractivity contribution < 1.29 is 9.53 Å². The molecule has 1 aliphatic rings. The predicted octanol–water partition coefficient (Wildman–Crippen LogP) is 5.00. The Morgan fingerprint density at radius 1 is 0.971 bits per heavy atom. The third kappa shape index (κ3) is 4.93. The highest BCUT2D eigenvalue weighted by atomic mass is 16.5. The first-order valence-electron chi connectivity index (χ1n) is 12.2. The van der Waals surface area contributed by atoms with Gasteiger partial charge in [0, 0.05) is 55.4 Å². The van der Waals surface area contributed by atoms with Crippen molar-refractivity contribution in [1.29, 1.82) is 0 Å². The second kappa shape index (κ2) is 9.92. The fourth-order valence-corrected chi connectivity index (χ4v) is 5.13. The van der Waals surface area contributed by atoms with Gasteiger partial charge in [0.2, 0.25) is 0 Å². The maximum Gasteiger partial charge on any atom is 0.150 e. The molecule has 5 rings (SSSR count). The molecule has 2 atom stereocenters. The van der Waals surface area contributed by atoms with E-state index in [-0.39, 0.29) is 0 Å². The zero-order valence-electron chi connectivity index (χ0n) is 20.6. The van der Waals surface area contributed by atoms with Crippen molar-refractivity contribution in [2.75, 3.05) is 25.1 Å². The number of ether oxygens (including phenoxy) is 1. The van der Waals surface area contributed by atoms with Gasteiger partial charge >= 0.3 is 0 Å². The lowest BCUT2D eigenvalue weighted by molar-refractivity contribution is 0.112. The molecule has 3 heterocycles. The van der Waals surface area contributed by atoms with Crippen LogP contribution >= 0.6 is 0 Å². The number of anilines is 1. The van der Waals surface area contributed by atoms with E-state index in [4.69, 9.17) is 9.72 Å². The van der Waals surface area contributed by atoms with Crippen LogP contribution in [0.3, 0.4) is 0 Å². The smallest absolute Gasteiger partial charge is 0.150 e. The second-order valence-electron chi connectivity index (χ2n) is 9.54. The van der Waals surface area contributed by atoms with Crippen LogP contribution in [0, 0.1) is 0 Å². The molecule has 2 aromatic heterocycles. The zero-order valence-corrected chi connectivity index (χ0v) is 20.6. The molecule has 1 fully saturated rings. The van der Waals surface area contributed by atoms with E-state index < -0.39 is 0 Å². The molecular weight excluding hydrogens is 436 g/mol. The van der Waals surface area contributed by atoms with E-state index in [0.29, 0.717) is 17.6 Å². The zero-order chi connectivity index (χ0) is 24.4. The average Bonchev–Trinajstić information content (AvgIpc) is 3.28. The van der Waals surface area contributed by atoms with Crippen molar-refractivity contribution in [3.8, 4) is 5.75 Å². The first kappa shape index (κ1) is 23.1. The predicted molar refractivity (Wildman–Crippen MR) is 140 cm³/mol. The highest BCUT2D eigenvalue weighted by Gasteiger charge is 2.30. The monoisotopic (exact) mass is 468 g/mol. The summed E-state index contributed by atoms with van der Waals surface area (Å²) in [7, 11) is 1.72. The number of aldehydes is 1. The molecule has 0 bridgehead atoms. The van der Waals surface area contributed by atoms with Gasteiger partial charge < -0.3 is 14.2 Å². The Balaban J connectivity index is 1.29. The van der Waals surface area contributed by atoms with Gasteiger partial charge in [0.1, 0.15) is 17.7 Å². The molecular formula is C29H32N4O2. The number of methoxy groups -OCH3 is 1. The summed E-state index contributed by atoms with van der Waals surface area (Å²) < 4.78 is 7.56. The van der Waals surface area contributed by atoms with Gasteiger partial charge in [-0.3, -0.25) is 9.69 Å². The fourth-order valence-electron chi connectivity index (χ4n) is 5.13. The lowest BCUT2D eigenvalue weighted by Gasteiger charge is -2.45. The van der Waals surface area contributed by atoms with Crippen molar-refractivity contribution in [2.45, 2.75) is 39.0 Å². The number of aromatic nitrogens is 2. The largest absolute Gasteiger partial charge is 0.497 e. The number of hydrogen-bond acceptors (Lipinski definition) is 5. The standard InChI is InChI=1S/C29H32N4O2/c1-21-16-32(17-22(2)33(21)19-25-5-4-6-28(13-25)35-3)27-14-26-11-12-31(29(26)30-15-27)18-23-7-9-24(20-34)10-8-23/h4-15,20-22H,16-19H2,1-3H3. The molecule has 35 heavy (non-hydrogen) atoms. The fraction of sp³-hybridized carbons (Fsp3) is 0.310. The van der Waals surface area contributed by atoms with E-state index >= 15 is 0 Å². The molecule has 0 aliphatic carbocycles. The summed E-state index contributed by atoms with van der Waals surface area (Å²) in [6.45, 7) is 8.19. The number of rotatable bonds is 7. The maximum atomic E-state index is 10.9. The Kier molecular flexibility index (Phi) is 6.55. The van der Waals surface area contributed by atoms with Crippen LogP contribution in [0.2, 0.25) is 0 Å². The SMILES string of the molecule is COc1cccc(CN2C(C)CN(c3cnc4c(ccn4Cc4ccc(C=O)cc4)c3)CC2C)c1. The normalized spacial score (nSPS) is 18.7. The summed E-state index contributed by atoms with van der Waals surface area (Å²) >= 11 is 0. The Bertz CT molecular complexity index is 1300. The van der Waals surface area contributed by atoms with Crippen LogP contribution in [-0.4, -0.2) is 53.0 Å². The van der Waals surface area contributed by atoms with Gasteiger partial charge in [0.25, 0.3) is 0 Å². The first-order chi connectivity index (χ1) is 17.0. The summed E-state index contributed by atoms with van der Waals surface area (Å²) in [5.74, 6) is 0.908. The maximum absolute atomic E-state index is 10.9. The van der Waals surface area contributed by atoms with E-state index in [1.54, 1.807) is 7.11 Å². The lowest BCUT2D eigenvalue weighted by Crippen LogP contribution is -2.56. The number of carbonyl (C=O) groups is 1. The minimum Gasteiger partial charge on any atom is -0.497 e. The Morgan fingerprint density at radius 2 is 1.74 bits per heavy atom. The number of piperazine rings is 1. The van der Waals surface area contributed by atoms with E-state index in [1.165, 1.54) is 11.3 Å². The van der Waals surface area contributed by atoms with Gasteiger partial charge in [0.05, 0.1) is 19.0 Å². The van der Waals surface area contributed by atoms with Crippen molar-refractivity contribution in [2.24, 2.45) is 0 Å². The van der Waals surface area contributed by atoms with Crippen LogP contribution in [0.5, 0.6) is 5.75 Å². The number of benzene rings is 2. The highest BCUT2D eigenvalue weighted by molar-refractivity contribution is 5.80. The highest BCUT2D eigenvalue weighted by Crippen LogP contribution is 2.27. The summed E-state index contributed by atoms with van der Waals surface area (Å²) in [6, 6.07) is 21.3. The van der Waals surface area contributed by atoms with E-state index in [1.807, 2.05) is 36.5 Å². The molecule has 0 radical (unpaired) electrons. The van der Waals surface area contributed by atoms with Gasteiger partial charge in [-0.05, 0) is 49.2 Å². The number of fused-ring (bicyclic) bond motifs is 1. The van der Waals surface area contributed by atoms with Crippen LogP contribution in [0.1, 0.15) is 35.3 Å². The summed E-state index contributed by atoms with van der Waals surface area (Å²) in [4.78, 5) is 20.8. The number of nitrogens with zero attached hydrogens (tertiary/aromatic N) is 4. The molecule has 2 unspecified atom stereocenters. The molecule has 1 saturated heterocycles. The molecule has 0 N–H and O–H groups in total. The summed E-state index contributed by atoms with van der Waals surface area (Å²) in [5, 5.41) is 1.14. The van der Waals surface area contributed by atoms with Crippen LogP contribution in [0.25, 0.3) is 11.0 Å². The molecule has 0 saturated carbocycles. The number of carbonyl (C=O) groups excluding carboxylic acids is 1. The van der Waals surface area contributed by atoms with Gasteiger partial charge in [-0.25, -0.2) is 4.98 Å². The van der Waals surface area contributed by atoms with Crippen LogP contribution in [-0.2, 0) is 13.1 Å². The lowest BCUT2D eigenvalue weighted by atomic mass is 10.1. The van der Waals surface area contributed by atoms with Gasteiger partial charge in [-0.15, -0.1) is 0 Å². The quantitative estimate of drug-likeness (QED) is 0.357. The molecule has 6 heteroatoms. The van der Waals surface area contributed by atoms with E-state index in [9.17, 15) is 4.79 Å². The van der Waals surface area contributed by atoms with Crippen molar-refractivity contribution in [3.63, 3.8) is 0 Å². The van der Waals surface area contributed by atoms with Crippen LogP contribution in [0.4, 0.5) is 5.69 Å². The van der Waals surface area contributed by atoms with Crippen LogP contribution < -0.4 is 9.64 Å². The first-order valence-corrected chi connectivity index (χ1v) is 12.2. The van der Waals surface area contributed by atoms with Crippen molar-refractivity contribution in [3.05, 3.63) is 89.7 Å². The third-order valence-corrected chi connectivity index (χ3v) is 7.02. The molecule has 4 aromatic rings. The van der Waals surface area contributed by atoms with Crippen LogP contribution in [0.15, 0.2) is 73.1 Å².